The molecule has 0 aliphatic carbocycles. The number of aliphatic carboxylic acids is 1. The Balaban J connectivity index is 2.16. The average Bonchev–Trinajstić information content (AvgIpc) is 2.52. The molecular weight excluding hydrogens is 266 g/mol. The highest BCUT2D eigenvalue weighted by molar-refractivity contribution is 5.68. The van der Waals surface area contributed by atoms with Crippen LogP contribution in [-0.4, -0.2) is 18.2 Å². The standard InChI is InChI=1S/C17H19NO3/c1-21-16-10-6-5-9-14(16)15(11-17(19)20)18-12-13-7-3-2-4-8-13/h2-10,15,18H,11-12H2,1H3,(H,19,20)/t15-/m1/s1. The number of methoxy groups -OCH3 is 1. The summed E-state index contributed by atoms with van der Waals surface area (Å²) in [5, 5.41) is 12.4. The van der Waals surface area contributed by atoms with Crippen molar-refractivity contribution in [2.45, 2.75) is 19.0 Å². The zero-order chi connectivity index (χ0) is 15.1. The van der Waals surface area contributed by atoms with Crippen molar-refractivity contribution in [3.05, 3.63) is 65.7 Å². The van der Waals surface area contributed by atoms with E-state index in [2.05, 4.69) is 5.32 Å². The van der Waals surface area contributed by atoms with E-state index in [1.54, 1.807) is 7.11 Å². The SMILES string of the molecule is COc1ccccc1[C@@H](CC(=O)O)NCc1ccccc1. The number of hydrogen-bond donors (Lipinski definition) is 2. The summed E-state index contributed by atoms with van der Waals surface area (Å²) in [5.41, 5.74) is 1.97. The second-order valence-electron chi connectivity index (χ2n) is 4.76. The van der Waals surface area contributed by atoms with E-state index in [0.717, 1.165) is 11.1 Å². The summed E-state index contributed by atoms with van der Waals surface area (Å²) >= 11 is 0. The molecule has 0 unspecified atom stereocenters. The van der Waals surface area contributed by atoms with Gasteiger partial charge in [0.05, 0.1) is 13.5 Å². The molecular formula is C17H19NO3. The number of benzene rings is 2. The molecule has 0 fully saturated rings. The Morgan fingerprint density at radius 1 is 1.14 bits per heavy atom. The van der Waals surface area contributed by atoms with Crippen LogP contribution in [0.2, 0.25) is 0 Å². The lowest BCUT2D eigenvalue weighted by atomic mass is 10.0. The fraction of sp³-hybridized carbons (Fsp3) is 0.235. The molecule has 0 amide bonds. The van der Waals surface area contributed by atoms with E-state index < -0.39 is 5.97 Å². The minimum atomic E-state index is -0.841. The summed E-state index contributed by atoms with van der Waals surface area (Å²) in [6.07, 6.45) is 0.00715. The number of rotatable bonds is 7. The van der Waals surface area contributed by atoms with E-state index in [4.69, 9.17) is 9.84 Å². The number of carbonyl (C=O) groups is 1. The maximum atomic E-state index is 11.1. The first-order chi connectivity index (χ1) is 10.2. The minimum absolute atomic E-state index is 0.00715. The van der Waals surface area contributed by atoms with Crippen LogP contribution in [0.25, 0.3) is 0 Å². The van der Waals surface area contributed by atoms with Gasteiger partial charge in [-0.05, 0) is 11.6 Å². The molecule has 2 N–H and O–H groups in total. The summed E-state index contributed by atoms with van der Waals surface area (Å²) in [5.74, 6) is -0.143. The molecule has 1 atom stereocenters. The topological polar surface area (TPSA) is 58.6 Å². The van der Waals surface area contributed by atoms with E-state index in [1.165, 1.54) is 0 Å². The first-order valence-electron chi connectivity index (χ1n) is 6.82. The predicted octanol–water partition coefficient (Wildman–Crippen LogP) is 3.00. The molecule has 0 saturated carbocycles. The van der Waals surface area contributed by atoms with Crippen LogP contribution in [0.1, 0.15) is 23.6 Å². The summed E-state index contributed by atoms with van der Waals surface area (Å²) < 4.78 is 5.33. The third-order valence-corrected chi connectivity index (χ3v) is 3.29. The van der Waals surface area contributed by atoms with Crippen molar-refractivity contribution in [2.24, 2.45) is 0 Å². The number of hydrogen-bond acceptors (Lipinski definition) is 3. The van der Waals surface area contributed by atoms with Crippen LogP contribution in [0, 0.1) is 0 Å². The molecule has 0 bridgehead atoms. The van der Waals surface area contributed by atoms with Crippen molar-refractivity contribution in [1.29, 1.82) is 0 Å². The normalized spacial score (nSPS) is 11.9. The van der Waals surface area contributed by atoms with Gasteiger partial charge in [-0.2, -0.15) is 0 Å². The van der Waals surface area contributed by atoms with Gasteiger partial charge in [-0.15, -0.1) is 0 Å². The number of para-hydroxylation sites is 1. The molecule has 2 rings (SSSR count). The monoisotopic (exact) mass is 285 g/mol. The molecule has 0 heterocycles. The van der Waals surface area contributed by atoms with Crippen LogP contribution >= 0.6 is 0 Å². The number of ether oxygens (including phenoxy) is 1. The maximum absolute atomic E-state index is 11.1. The van der Waals surface area contributed by atoms with E-state index >= 15 is 0 Å². The van der Waals surface area contributed by atoms with Crippen LogP contribution in [-0.2, 0) is 11.3 Å². The van der Waals surface area contributed by atoms with Crippen molar-refractivity contribution < 1.29 is 14.6 Å². The molecule has 4 nitrogen and oxygen atoms in total. The van der Waals surface area contributed by atoms with Gasteiger partial charge in [-0.25, -0.2) is 0 Å². The largest absolute Gasteiger partial charge is 0.496 e. The molecule has 0 aliphatic heterocycles. The molecule has 4 heteroatoms. The molecule has 0 aliphatic rings. The van der Waals surface area contributed by atoms with Gasteiger partial charge in [0, 0.05) is 18.2 Å². The molecule has 110 valence electrons. The van der Waals surface area contributed by atoms with E-state index in [-0.39, 0.29) is 12.5 Å². The maximum Gasteiger partial charge on any atom is 0.305 e. The number of carboxylic acid groups (broad SMARTS) is 1. The lowest BCUT2D eigenvalue weighted by Crippen LogP contribution is -2.24. The Kier molecular flexibility index (Phi) is 5.35. The molecule has 0 spiro atoms. The lowest BCUT2D eigenvalue weighted by molar-refractivity contribution is -0.137. The van der Waals surface area contributed by atoms with Gasteiger partial charge in [0.25, 0.3) is 0 Å². The van der Waals surface area contributed by atoms with Crippen LogP contribution in [0.3, 0.4) is 0 Å². The van der Waals surface area contributed by atoms with Gasteiger partial charge < -0.3 is 15.2 Å². The van der Waals surface area contributed by atoms with Crippen LogP contribution < -0.4 is 10.1 Å². The average molecular weight is 285 g/mol. The lowest BCUT2D eigenvalue weighted by Gasteiger charge is -2.20. The van der Waals surface area contributed by atoms with E-state index in [9.17, 15) is 4.79 Å². The summed E-state index contributed by atoms with van der Waals surface area (Å²) in [7, 11) is 1.59. The van der Waals surface area contributed by atoms with Crippen molar-refractivity contribution in [3.8, 4) is 5.75 Å². The summed E-state index contributed by atoms with van der Waals surface area (Å²) in [6.45, 7) is 0.608. The van der Waals surface area contributed by atoms with Crippen molar-refractivity contribution in [3.63, 3.8) is 0 Å². The predicted molar refractivity (Wildman–Crippen MR) is 81.3 cm³/mol. The van der Waals surface area contributed by atoms with E-state index in [1.807, 2.05) is 54.6 Å². The quantitative estimate of drug-likeness (QED) is 0.821. The first-order valence-corrected chi connectivity index (χ1v) is 6.82. The fourth-order valence-electron chi connectivity index (χ4n) is 2.26. The van der Waals surface area contributed by atoms with Crippen molar-refractivity contribution >= 4 is 5.97 Å². The molecule has 2 aromatic rings. The van der Waals surface area contributed by atoms with Crippen molar-refractivity contribution in [1.82, 2.24) is 5.32 Å². The van der Waals surface area contributed by atoms with Gasteiger partial charge in [-0.3, -0.25) is 4.79 Å². The molecule has 0 saturated heterocycles. The Bertz CT molecular complexity index is 584. The van der Waals surface area contributed by atoms with E-state index in [0.29, 0.717) is 12.3 Å². The highest BCUT2D eigenvalue weighted by atomic mass is 16.5. The smallest absolute Gasteiger partial charge is 0.305 e. The third-order valence-electron chi connectivity index (χ3n) is 3.29. The molecule has 2 aromatic carbocycles. The Morgan fingerprint density at radius 3 is 2.48 bits per heavy atom. The molecule has 21 heavy (non-hydrogen) atoms. The summed E-state index contributed by atoms with van der Waals surface area (Å²) in [6, 6.07) is 17.1. The van der Waals surface area contributed by atoms with Gasteiger partial charge >= 0.3 is 5.97 Å². The minimum Gasteiger partial charge on any atom is -0.496 e. The Labute approximate surface area is 124 Å². The van der Waals surface area contributed by atoms with Gasteiger partial charge in [-0.1, -0.05) is 48.5 Å². The second kappa shape index (κ2) is 7.45. The third kappa shape index (κ3) is 4.33. The number of nitrogens with one attached hydrogen (secondary N) is 1. The zero-order valence-electron chi connectivity index (χ0n) is 12.0. The fourth-order valence-corrected chi connectivity index (χ4v) is 2.26. The van der Waals surface area contributed by atoms with Gasteiger partial charge in [0.15, 0.2) is 0 Å². The Morgan fingerprint density at radius 2 is 1.81 bits per heavy atom. The first kappa shape index (κ1) is 15.1. The highest BCUT2D eigenvalue weighted by Gasteiger charge is 2.18. The van der Waals surface area contributed by atoms with Crippen LogP contribution in [0.5, 0.6) is 5.75 Å². The molecule has 0 radical (unpaired) electrons. The molecule has 0 aromatic heterocycles. The zero-order valence-corrected chi connectivity index (χ0v) is 12.0. The Hall–Kier alpha value is -2.33. The highest BCUT2D eigenvalue weighted by Crippen LogP contribution is 2.27. The van der Waals surface area contributed by atoms with Gasteiger partial charge in [0.1, 0.15) is 5.75 Å². The summed E-state index contributed by atoms with van der Waals surface area (Å²) in [4.78, 5) is 11.1. The van der Waals surface area contributed by atoms with Crippen LogP contribution in [0.15, 0.2) is 54.6 Å². The van der Waals surface area contributed by atoms with Crippen LogP contribution in [0.4, 0.5) is 0 Å². The van der Waals surface area contributed by atoms with Gasteiger partial charge in [0.2, 0.25) is 0 Å². The second-order valence-corrected chi connectivity index (χ2v) is 4.76. The van der Waals surface area contributed by atoms with Crippen molar-refractivity contribution in [2.75, 3.05) is 7.11 Å². The number of carboxylic acids is 1.